The number of carbonyl (C=O) groups is 2. The molecule has 0 spiro atoms. The molecule has 190 valence electrons. The molecule has 0 aliphatic rings. The number of hydrogen-bond acceptors (Lipinski definition) is 7. The Labute approximate surface area is 218 Å². The monoisotopic (exact) mass is 508 g/mol. The van der Waals surface area contributed by atoms with Crippen LogP contribution in [0.2, 0.25) is 0 Å². The number of esters is 1. The van der Waals surface area contributed by atoms with Crippen molar-refractivity contribution in [3.05, 3.63) is 90.6 Å². The third kappa shape index (κ3) is 5.05. The fourth-order valence-corrected chi connectivity index (χ4v) is 4.16. The second-order valence-electron chi connectivity index (χ2n) is 8.40. The Balaban J connectivity index is 1.34. The summed E-state index contributed by atoms with van der Waals surface area (Å²) >= 11 is 0. The van der Waals surface area contributed by atoms with Crippen LogP contribution in [0.15, 0.2) is 85.1 Å². The topological polar surface area (TPSA) is 96.0 Å². The van der Waals surface area contributed by atoms with E-state index in [0.717, 1.165) is 16.2 Å². The molecule has 8 nitrogen and oxygen atoms in total. The van der Waals surface area contributed by atoms with E-state index in [9.17, 15) is 9.59 Å². The molecule has 1 N–H and O–H groups in total. The predicted molar refractivity (Wildman–Crippen MR) is 145 cm³/mol. The van der Waals surface area contributed by atoms with E-state index in [2.05, 4.69) is 10.3 Å². The van der Waals surface area contributed by atoms with Gasteiger partial charge in [-0.2, -0.15) is 0 Å². The maximum atomic E-state index is 13.1. The van der Waals surface area contributed by atoms with Crippen molar-refractivity contribution >= 4 is 39.2 Å². The largest absolute Gasteiger partial charge is 0.493 e. The molecule has 5 rings (SSSR count). The van der Waals surface area contributed by atoms with Gasteiger partial charge in [-0.05, 0) is 71.4 Å². The fraction of sp³-hybridized carbons (Fsp3) is 0.100. The maximum Gasteiger partial charge on any atom is 0.308 e. The summed E-state index contributed by atoms with van der Waals surface area (Å²) in [5.41, 5.74) is 1.82. The lowest BCUT2D eigenvalue weighted by molar-refractivity contribution is -0.131. The van der Waals surface area contributed by atoms with E-state index < -0.39 is 5.97 Å². The van der Waals surface area contributed by atoms with E-state index in [1.54, 1.807) is 87.1 Å². The zero-order valence-electron chi connectivity index (χ0n) is 21.0. The van der Waals surface area contributed by atoms with Crippen LogP contribution in [0.5, 0.6) is 28.7 Å². The number of methoxy groups -OCH3 is 2. The van der Waals surface area contributed by atoms with E-state index in [1.807, 2.05) is 12.1 Å². The predicted octanol–water partition coefficient (Wildman–Crippen LogP) is 6.38. The first kappa shape index (κ1) is 24.6. The molecule has 0 atom stereocenters. The molecule has 8 heteroatoms. The minimum absolute atomic E-state index is 0.259. The van der Waals surface area contributed by atoms with E-state index in [4.69, 9.17) is 18.9 Å². The van der Waals surface area contributed by atoms with Crippen molar-refractivity contribution in [2.45, 2.75) is 6.92 Å². The quantitative estimate of drug-likeness (QED) is 0.201. The number of ether oxygens (including phenoxy) is 4. The summed E-state index contributed by atoms with van der Waals surface area (Å²) in [7, 11) is 3.15. The number of pyridine rings is 1. The zero-order chi connectivity index (χ0) is 26.6. The van der Waals surface area contributed by atoms with Gasteiger partial charge in [0.1, 0.15) is 17.2 Å². The third-order valence-electron chi connectivity index (χ3n) is 5.90. The lowest BCUT2D eigenvalue weighted by Crippen LogP contribution is -2.12. The van der Waals surface area contributed by atoms with Crippen LogP contribution >= 0.6 is 0 Å². The summed E-state index contributed by atoms with van der Waals surface area (Å²) in [4.78, 5) is 28.7. The third-order valence-corrected chi connectivity index (χ3v) is 5.90. The number of nitrogens with zero attached hydrogens (tertiary/aromatic N) is 1. The van der Waals surface area contributed by atoms with Crippen molar-refractivity contribution in [3.8, 4) is 28.7 Å². The molecule has 0 fully saturated rings. The number of anilines is 1. The molecule has 0 saturated heterocycles. The van der Waals surface area contributed by atoms with Crippen molar-refractivity contribution in [1.82, 2.24) is 4.98 Å². The first-order valence-electron chi connectivity index (χ1n) is 11.8. The minimum Gasteiger partial charge on any atom is -0.493 e. The van der Waals surface area contributed by atoms with E-state index >= 15 is 0 Å². The summed E-state index contributed by atoms with van der Waals surface area (Å²) in [5.74, 6) is 2.13. The number of carbonyl (C=O) groups excluding carboxylic acids is 2. The van der Waals surface area contributed by atoms with Crippen molar-refractivity contribution < 1.29 is 28.5 Å². The van der Waals surface area contributed by atoms with Gasteiger partial charge in [0.2, 0.25) is 0 Å². The van der Waals surface area contributed by atoms with Crippen molar-refractivity contribution in [1.29, 1.82) is 0 Å². The molecule has 0 aliphatic carbocycles. The molecule has 1 amide bonds. The number of amides is 1. The van der Waals surface area contributed by atoms with Crippen LogP contribution in [-0.2, 0) is 4.79 Å². The Morgan fingerprint density at radius 2 is 1.50 bits per heavy atom. The van der Waals surface area contributed by atoms with Gasteiger partial charge in [-0.25, -0.2) is 0 Å². The van der Waals surface area contributed by atoms with E-state index in [-0.39, 0.29) is 5.91 Å². The summed E-state index contributed by atoms with van der Waals surface area (Å²) in [5, 5.41) is 5.24. The molecule has 0 aliphatic heterocycles. The van der Waals surface area contributed by atoms with E-state index in [0.29, 0.717) is 45.5 Å². The van der Waals surface area contributed by atoms with Gasteiger partial charge in [0.15, 0.2) is 11.5 Å². The standard InChI is InChI=1S/C30H24N2O6/c1-18(33)37-22-11-12-23-19(15-22)5-4-6-24(23)30(34)32-20-7-9-21(10-8-20)38-27-13-14-31-26-17-29(36-3)28(35-2)16-25(26)27/h4-17H,1-3H3,(H,32,34). The highest BCUT2D eigenvalue weighted by Gasteiger charge is 2.13. The summed E-state index contributed by atoms with van der Waals surface area (Å²) in [6, 6.07) is 23.0. The highest BCUT2D eigenvalue weighted by Crippen LogP contribution is 2.37. The van der Waals surface area contributed by atoms with Crippen LogP contribution < -0.4 is 24.3 Å². The van der Waals surface area contributed by atoms with Gasteiger partial charge in [0.25, 0.3) is 5.91 Å². The highest BCUT2D eigenvalue weighted by molar-refractivity contribution is 6.13. The molecule has 0 unspecified atom stereocenters. The normalized spacial score (nSPS) is 10.7. The second-order valence-corrected chi connectivity index (χ2v) is 8.40. The number of aromatic nitrogens is 1. The zero-order valence-corrected chi connectivity index (χ0v) is 21.0. The van der Waals surface area contributed by atoms with E-state index in [1.165, 1.54) is 6.92 Å². The first-order valence-corrected chi connectivity index (χ1v) is 11.8. The van der Waals surface area contributed by atoms with Gasteiger partial charge >= 0.3 is 5.97 Å². The summed E-state index contributed by atoms with van der Waals surface area (Å²) < 4.78 is 22.1. The Morgan fingerprint density at radius 3 is 2.24 bits per heavy atom. The Hall–Kier alpha value is -5.11. The number of nitrogens with one attached hydrogen (secondary N) is 1. The van der Waals surface area contributed by atoms with Crippen LogP contribution in [0.4, 0.5) is 5.69 Å². The number of benzene rings is 4. The molecular weight excluding hydrogens is 484 g/mol. The Kier molecular flexibility index (Phi) is 6.78. The summed E-state index contributed by atoms with van der Waals surface area (Å²) in [6.45, 7) is 1.35. The first-order chi connectivity index (χ1) is 18.4. The van der Waals surface area contributed by atoms with Crippen LogP contribution in [0, 0.1) is 0 Å². The second kappa shape index (κ2) is 10.5. The molecular formula is C30H24N2O6. The fourth-order valence-electron chi connectivity index (χ4n) is 4.16. The van der Waals surface area contributed by atoms with Crippen molar-refractivity contribution in [2.75, 3.05) is 19.5 Å². The van der Waals surface area contributed by atoms with Gasteiger partial charge in [0.05, 0.1) is 19.7 Å². The number of rotatable bonds is 7. The average molecular weight is 509 g/mol. The van der Waals surface area contributed by atoms with Gasteiger partial charge in [-0.1, -0.05) is 12.1 Å². The highest BCUT2D eigenvalue weighted by atomic mass is 16.5. The molecule has 0 saturated carbocycles. The van der Waals surface area contributed by atoms with Crippen LogP contribution in [-0.4, -0.2) is 31.1 Å². The minimum atomic E-state index is -0.400. The molecule has 1 heterocycles. The molecule has 5 aromatic rings. The lowest BCUT2D eigenvalue weighted by Gasteiger charge is -2.13. The number of hydrogen-bond donors (Lipinski definition) is 1. The van der Waals surface area contributed by atoms with Gasteiger partial charge in [-0.3, -0.25) is 14.6 Å². The van der Waals surface area contributed by atoms with Crippen LogP contribution in [0.3, 0.4) is 0 Å². The molecule has 0 bridgehead atoms. The van der Waals surface area contributed by atoms with Crippen molar-refractivity contribution in [3.63, 3.8) is 0 Å². The van der Waals surface area contributed by atoms with Crippen molar-refractivity contribution in [2.24, 2.45) is 0 Å². The van der Waals surface area contributed by atoms with Gasteiger partial charge < -0.3 is 24.3 Å². The smallest absolute Gasteiger partial charge is 0.308 e. The Bertz CT molecular complexity index is 1660. The van der Waals surface area contributed by atoms with Gasteiger partial charge in [-0.15, -0.1) is 0 Å². The molecule has 0 radical (unpaired) electrons. The molecule has 4 aromatic carbocycles. The Morgan fingerprint density at radius 1 is 0.763 bits per heavy atom. The van der Waals surface area contributed by atoms with Gasteiger partial charge in [0, 0.05) is 35.8 Å². The maximum absolute atomic E-state index is 13.1. The molecule has 1 aromatic heterocycles. The average Bonchev–Trinajstić information content (AvgIpc) is 2.92. The molecule has 38 heavy (non-hydrogen) atoms. The van der Waals surface area contributed by atoms with Crippen LogP contribution in [0.1, 0.15) is 17.3 Å². The SMILES string of the molecule is COc1cc2nccc(Oc3ccc(NC(=O)c4cccc5cc(OC(C)=O)ccc45)cc3)c2cc1OC. The summed E-state index contributed by atoms with van der Waals surface area (Å²) in [6.07, 6.45) is 1.66. The lowest BCUT2D eigenvalue weighted by atomic mass is 10.0. The number of fused-ring (bicyclic) bond motifs is 2. The van der Waals surface area contributed by atoms with Crippen LogP contribution in [0.25, 0.3) is 21.7 Å².